The largest absolute Gasteiger partial charge is 0.513 e. The summed E-state index contributed by atoms with van der Waals surface area (Å²) < 4.78 is 61.0. The van der Waals surface area contributed by atoms with Crippen LogP contribution in [-0.2, 0) is 29.8 Å². The van der Waals surface area contributed by atoms with E-state index in [0.29, 0.717) is 6.07 Å². The number of aromatic hydroxyl groups is 1. The van der Waals surface area contributed by atoms with Crippen LogP contribution in [0.15, 0.2) is 29.2 Å². The van der Waals surface area contributed by atoms with E-state index in [1.807, 2.05) is 0 Å². The lowest BCUT2D eigenvalue weighted by Crippen LogP contribution is -2.70. The van der Waals surface area contributed by atoms with Gasteiger partial charge in [0.05, 0.1) is 25.9 Å². The van der Waals surface area contributed by atoms with Crippen molar-refractivity contribution in [3.63, 3.8) is 0 Å². The molecule has 2 amide bonds. The molecule has 1 aromatic heterocycles. The van der Waals surface area contributed by atoms with Gasteiger partial charge in [-0.3, -0.25) is 24.1 Å². The van der Waals surface area contributed by atoms with Gasteiger partial charge in [-0.1, -0.05) is 6.07 Å². The second kappa shape index (κ2) is 13.0. The summed E-state index contributed by atoms with van der Waals surface area (Å²) in [5, 5.41) is 14.7. The lowest BCUT2D eigenvalue weighted by molar-refractivity contribution is -0.00587. The van der Waals surface area contributed by atoms with E-state index >= 15 is 0 Å². The zero-order chi connectivity index (χ0) is 31.5. The maximum atomic E-state index is 14.0. The number of hydrogen-bond acceptors (Lipinski definition) is 11. The fourth-order valence-electron chi connectivity index (χ4n) is 4.74. The Bertz CT molecular complexity index is 1500. The highest BCUT2D eigenvalue weighted by Gasteiger charge is 2.53. The van der Waals surface area contributed by atoms with Gasteiger partial charge in [0, 0.05) is 37.8 Å². The fraction of sp³-hybridized carbons (Fsp3) is 0.462. The number of fused-ring (bicyclic) bond motifs is 1. The number of amides is 2. The molecular weight excluding hydrogens is 597 g/mol. The molecule has 2 N–H and O–H groups in total. The maximum absolute atomic E-state index is 14.0. The minimum atomic E-state index is -2.41. The van der Waals surface area contributed by atoms with Crippen LogP contribution in [0, 0.1) is 11.6 Å². The summed E-state index contributed by atoms with van der Waals surface area (Å²) in [6.45, 7) is 2.33. The van der Waals surface area contributed by atoms with Crippen molar-refractivity contribution in [3.05, 3.63) is 63.1 Å². The molecule has 232 valence electrons. The van der Waals surface area contributed by atoms with E-state index in [2.05, 4.69) is 5.32 Å². The van der Waals surface area contributed by atoms with Crippen molar-refractivity contribution >= 4 is 26.0 Å². The Morgan fingerprint density at radius 3 is 2.65 bits per heavy atom. The van der Waals surface area contributed by atoms with Gasteiger partial charge >= 0.3 is 14.2 Å². The maximum Gasteiger partial charge on any atom is 0.513 e. The predicted molar refractivity (Wildman–Crippen MR) is 144 cm³/mol. The third kappa shape index (κ3) is 6.60. The van der Waals surface area contributed by atoms with Crippen LogP contribution >= 0.6 is 8.03 Å². The van der Waals surface area contributed by atoms with Crippen molar-refractivity contribution in [1.82, 2.24) is 14.9 Å². The number of benzene rings is 1. The molecule has 0 aliphatic carbocycles. The molecule has 2 aliphatic heterocycles. The number of nitrogens with one attached hydrogen (secondary N) is 1. The summed E-state index contributed by atoms with van der Waals surface area (Å²) in [6, 6.07) is 2.80. The third-order valence-corrected chi connectivity index (χ3v) is 7.89. The average Bonchev–Trinajstić information content (AvgIpc) is 3.42. The van der Waals surface area contributed by atoms with Crippen LogP contribution in [0.5, 0.6) is 5.75 Å². The molecule has 4 rings (SSSR count). The smallest absolute Gasteiger partial charge is 0.502 e. The lowest BCUT2D eigenvalue weighted by Gasteiger charge is -2.51. The molecule has 3 heterocycles. The highest BCUT2D eigenvalue weighted by atomic mass is 31.1. The minimum Gasteiger partial charge on any atom is -0.502 e. The SMILES string of the molecule is CC(C)OC(=O)OCO[P+](=O)CCN1C(=O)c2c(O)c(=O)c(C(=O)NCc3ccc(F)cc3F)cn2N(C)C12CCOC2. The number of ether oxygens (including phenoxy) is 3. The predicted octanol–water partition coefficient (Wildman–Crippen LogP) is 2.18. The van der Waals surface area contributed by atoms with Crippen LogP contribution in [0.2, 0.25) is 0 Å². The van der Waals surface area contributed by atoms with Crippen molar-refractivity contribution in [2.45, 2.75) is 38.6 Å². The van der Waals surface area contributed by atoms with E-state index in [1.54, 1.807) is 20.9 Å². The van der Waals surface area contributed by atoms with E-state index in [4.69, 9.17) is 18.7 Å². The van der Waals surface area contributed by atoms with Gasteiger partial charge < -0.3 is 29.5 Å². The summed E-state index contributed by atoms with van der Waals surface area (Å²) in [5.41, 5.74) is -3.31. The Hall–Kier alpha value is -4.14. The molecule has 43 heavy (non-hydrogen) atoms. The molecule has 0 saturated carbocycles. The first-order chi connectivity index (χ1) is 20.4. The summed E-state index contributed by atoms with van der Waals surface area (Å²) in [6.07, 6.45) is -0.238. The Kier molecular flexibility index (Phi) is 9.62. The Labute approximate surface area is 244 Å². The molecule has 1 spiro atoms. The molecular formula is C26H30F2N4O10P+. The molecule has 2 unspecified atom stereocenters. The van der Waals surface area contributed by atoms with Crippen molar-refractivity contribution < 1.29 is 51.6 Å². The van der Waals surface area contributed by atoms with Crippen LogP contribution in [0.1, 0.15) is 46.7 Å². The number of rotatable bonds is 10. The molecule has 17 heteroatoms. The van der Waals surface area contributed by atoms with Crippen LogP contribution in [-0.4, -0.2) is 84.2 Å². The van der Waals surface area contributed by atoms with Crippen LogP contribution in [0.4, 0.5) is 13.6 Å². The van der Waals surface area contributed by atoms with Crippen LogP contribution < -0.4 is 15.8 Å². The van der Waals surface area contributed by atoms with E-state index in [9.17, 15) is 37.6 Å². The van der Waals surface area contributed by atoms with Crippen molar-refractivity contribution in [3.8, 4) is 5.75 Å². The van der Waals surface area contributed by atoms with Crippen LogP contribution in [0.25, 0.3) is 0 Å². The molecule has 14 nitrogen and oxygen atoms in total. The van der Waals surface area contributed by atoms with Crippen molar-refractivity contribution in [2.24, 2.45) is 0 Å². The summed E-state index contributed by atoms with van der Waals surface area (Å²) in [5.74, 6) is -4.46. The molecule has 2 atom stereocenters. The van der Waals surface area contributed by atoms with Gasteiger partial charge in [-0.15, -0.1) is 4.52 Å². The summed E-state index contributed by atoms with van der Waals surface area (Å²) >= 11 is 0. The monoisotopic (exact) mass is 627 g/mol. The van der Waals surface area contributed by atoms with Gasteiger partial charge in [0.15, 0.2) is 23.3 Å². The van der Waals surface area contributed by atoms with Gasteiger partial charge in [0.1, 0.15) is 17.2 Å². The number of hydrogen-bond donors (Lipinski definition) is 2. The van der Waals surface area contributed by atoms with E-state index in [0.717, 1.165) is 18.3 Å². The number of carbonyl (C=O) groups excluding carboxylic acids is 3. The second-order valence-electron chi connectivity index (χ2n) is 9.96. The zero-order valence-electron chi connectivity index (χ0n) is 23.5. The molecule has 1 aromatic carbocycles. The number of halogens is 2. The molecule has 2 aliphatic rings. The quantitative estimate of drug-likeness (QED) is 0.225. The number of carbonyl (C=O) groups is 3. The Morgan fingerprint density at radius 1 is 1.26 bits per heavy atom. The third-order valence-electron chi connectivity index (χ3n) is 6.93. The van der Waals surface area contributed by atoms with Gasteiger partial charge in [0.2, 0.25) is 12.2 Å². The topological polar surface area (TPSA) is 166 Å². The van der Waals surface area contributed by atoms with E-state index in [-0.39, 0.29) is 44.4 Å². The summed E-state index contributed by atoms with van der Waals surface area (Å²) in [4.78, 5) is 52.4. The number of nitrogens with zero attached hydrogens (tertiary/aromatic N) is 3. The van der Waals surface area contributed by atoms with Gasteiger partial charge in [-0.05, 0) is 24.5 Å². The first-order valence-corrected chi connectivity index (χ1v) is 14.5. The standard InChI is InChI=1S/C26H29F2N4O10P/c1-15(2)42-25(37)40-14-41-43(38)9-7-31-24(36)20-22(34)21(33)18(12-32(20)30(3)26(31)6-8-39-13-26)23(35)29-11-16-4-5-17(27)10-19(16)28/h4-5,10,12,15H,6-9,11,13-14H2,1-3H3,(H-,29,34,35,36)/p+1. The van der Waals surface area contributed by atoms with Crippen LogP contribution in [0.3, 0.4) is 0 Å². The highest BCUT2D eigenvalue weighted by Crippen LogP contribution is 2.37. The first-order valence-electron chi connectivity index (χ1n) is 13.1. The lowest BCUT2D eigenvalue weighted by atomic mass is 10.0. The molecule has 1 fully saturated rings. The van der Waals surface area contributed by atoms with Gasteiger partial charge in [-0.2, -0.15) is 0 Å². The fourth-order valence-corrected chi connectivity index (χ4v) is 5.40. The molecule has 0 bridgehead atoms. The molecule has 1 saturated heterocycles. The number of likely N-dealkylation sites (N-methyl/N-ethyl adjacent to an activating group) is 1. The van der Waals surface area contributed by atoms with Gasteiger partial charge in [0.25, 0.3) is 11.8 Å². The van der Waals surface area contributed by atoms with Gasteiger partial charge in [-0.25, -0.2) is 13.6 Å². The van der Waals surface area contributed by atoms with E-state index < -0.39 is 78.6 Å². The number of aromatic nitrogens is 1. The summed E-state index contributed by atoms with van der Waals surface area (Å²) in [7, 11) is -0.854. The van der Waals surface area contributed by atoms with Crippen molar-refractivity contribution in [2.75, 3.05) is 44.8 Å². The second-order valence-corrected chi connectivity index (χ2v) is 11.3. The normalized spacial score (nSPS) is 18.2. The molecule has 2 aromatic rings. The average molecular weight is 628 g/mol. The van der Waals surface area contributed by atoms with Crippen molar-refractivity contribution in [1.29, 1.82) is 0 Å². The molecule has 0 radical (unpaired) electrons. The number of pyridine rings is 1. The minimum absolute atomic E-state index is 0.00867. The Morgan fingerprint density at radius 2 is 2.00 bits per heavy atom. The zero-order valence-corrected chi connectivity index (χ0v) is 24.4. The van der Waals surface area contributed by atoms with E-state index in [1.165, 1.54) is 14.6 Å². The first kappa shape index (κ1) is 31.8. The highest BCUT2D eigenvalue weighted by molar-refractivity contribution is 7.39. The Balaban J connectivity index is 1.53.